The maximum atomic E-state index is 5.29. The van der Waals surface area contributed by atoms with Crippen molar-refractivity contribution in [1.29, 1.82) is 0 Å². The molecular formula is C14H13BrN6O. The number of nitrogens with zero attached hydrogens (tertiary/aromatic N) is 6. The van der Waals surface area contributed by atoms with Crippen LogP contribution in [0.5, 0.6) is 0 Å². The zero-order valence-corrected chi connectivity index (χ0v) is 13.3. The Morgan fingerprint density at radius 2 is 2.05 bits per heavy atom. The first-order chi connectivity index (χ1) is 10.8. The number of hydrogen-bond acceptors (Lipinski definition) is 6. The van der Waals surface area contributed by atoms with Crippen molar-refractivity contribution in [2.24, 2.45) is 0 Å². The smallest absolute Gasteiger partial charge is 0.229 e. The fourth-order valence-corrected chi connectivity index (χ4v) is 2.57. The lowest BCUT2D eigenvalue weighted by molar-refractivity contribution is 0.290. The van der Waals surface area contributed by atoms with Crippen LogP contribution in [-0.4, -0.2) is 30.3 Å². The molecule has 1 aliphatic rings. The van der Waals surface area contributed by atoms with Gasteiger partial charge in [0.05, 0.1) is 0 Å². The van der Waals surface area contributed by atoms with E-state index in [1.165, 1.54) is 11.2 Å². The Hall–Kier alpha value is -2.09. The van der Waals surface area contributed by atoms with Crippen molar-refractivity contribution in [3.8, 4) is 11.4 Å². The molecule has 0 saturated heterocycles. The number of hydrogen-bond donors (Lipinski definition) is 0. The van der Waals surface area contributed by atoms with Crippen molar-refractivity contribution in [3.05, 3.63) is 40.5 Å². The SMILES string of the molecule is Brc1ccc(-c2nnn(Cc3noc(C4CCC4)n3)n2)cc1. The molecule has 0 amide bonds. The standard InChI is InChI=1S/C14H13BrN6O/c15-11-6-4-9(5-7-11)13-17-20-21(18-13)8-12-16-14(22-19-12)10-2-1-3-10/h4-7,10H,1-3,8H2. The summed E-state index contributed by atoms with van der Waals surface area (Å²) in [5.74, 6) is 2.33. The summed E-state index contributed by atoms with van der Waals surface area (Å²) in [5.41, 5.74) is 0.915. The van der Waals surface area contributed by atoms with Gasteiger partial charge in [-0.05, 0) is 42.3 Å². The Labute approximate surface area is 134 Å². The molecule has 0 spiro atoms. The molecule has 4 rings (SSSR count). The van der Waals surface area contributed by atoms with Gasteiger partial charge in [-0.2, -0.15) is 9.78 Å². The minimum atomic E-state index is 0.361. The molecule has 0 bridgehead atoms. The van der Waals surface area contributed by atoms with Crippen LogP contribution in [0.15, 0.2) is 33.3 Å². The summed E-state index contributed by atoms with van der Waals surface area (Å²) < 4.78 is 6.30. The molecule has 112 valence electrons. The van der Waals surface area contributed by atoms with Crippen LogP contribution in [0.4, 0.5) is 0 Å². The maximum Gasteiger partial charge on any atom is 0.229 e. The molecule has 0 unspecified atom stereocenters. The zero-order chi connectivity index (χ0) is 14.9. The van der Waals surface area contributed by atoms with Gasteiger partial charge in [-0.15, -0.1) is 10.2 Å². The zero-order valence-electron chi connectivity index (χ0n) is 11.7. The normalized spacial score (nSPS) is 15.0. The molecule has 1 fully saturated rings. The Kier molecular flexibility index (Phi) is 3.45. The van der Waals surface area contributed by atoms with Crippen LogP contribution in [0.1, 0.15) is 36.9 Å². The van der Waals surface area contributed by atoms with Gasteiger partial charge in [-0.25, -0.2) is 0 Å². The van der Waals surface area contributed by atoms with E-state index in [2.05, 4.69) is 41.5 Å². The Morgan fingerprint density at radius 3 is 2.77 bits per heavy atom. The Morgan fingerprint density at radius 1 is 1.23 bits per heavy atom. The number of tetrazole rings is 1. The average molecular weight is 361 g/mol. The van der Waals surface area contributed by atoms with Gasteiger partial charge in [0.25, 0.3) is 0 Å². The van der Waals surface area contributed by atoms with Crippen LogP contribution in [0, 0.1) is 0 Å². The predicted molar refractivity (Wildman–Crippen MR) is 80.9 cm³/mol. The molecule has 3 aromatic rings. The van der Waals surface area contributed by atoms with Crippen molar-refractivity contribution < 1.29 is 4.52 Å². The molecule has 0 atom stereocenters. The third-order valence-corrected chi connectivity index (χ3v) is 4.30. The fourth-order valence-electron chi connectivity index (χ4n) is 2.30. The second-order valence-corrected chi connectivity index (χ2v) is 6.24. The van der Waals surface area contributed by atoms with E-state index in [1.54, 1.807) is 0 Å². The molecule has 0 radical (unpaired) electrons. The number of halogens is 1. The summed E-state index contributed by atoms with van der Waals surface area (Å²) in [6.45, 7) is 0.361. The van der Waals surface area contributed by atoms with E-state index in [4.69, 9.17) is 4.52 Å². The fraction of sp³-hybridized carbons (Fsp3) is 0.357. The molecule has 22 heavy (non-hydrogen) atoms. The van der Waals surface area contributed by atoms with Gasteiger partial charge < -0.3 is 4.52 Å². The molecule has 1 aromatic carbocycles. The van der Waals surface area contributed by atoms with Gasteiger partial charge >= 0.3 is 0 Å². The monoisotopic (exact) mass is 360 g/mol. The van der Waals surface area contributed by atoms with Crippen LogP contribution >= 0.6 is 15.9 Å². The van der Waals surface area contributed by atoms with Crippen molar-refractivity contribution >= 4 is 15.9 Å². The number of benzene rings is 1. The molecule has 2 heterocycles. The Balaban J connectivity index is 1.49. The van der Waals surface area contributed by atoms with E-state index in [0.29, 0.717) is 24.1 Å². The highest BCUT2D eigenvalue weighted by Crippen LogP contribution is 2.35. The van der Waals surface area contributed by atoms with Crippen LogP contribution in [0.25, 0.3) is 11.4 Å². The van der Waals surface area contributed by atoms with Gasteiger partial charge in [0, 0.05) is 16.0 Å². The second kappa shape index (κ2) is 5.60. The molecule has 1 saturated carbocycles. The van der Waals surface area contributed by atoms with E-state index >= 15 is 0 Å². The summed E-state index contributed by atoms with van der Waals surface area (Å²) in [6, 6.07) is 7.77. The van der Waals surface area contributed by atoms with Gasteiger partial charge in [0.1, 0.15) is 6.54 Å². The van der Waals surface area contributed by atoms with Crippen molar-refractivity contribution in [3.63, 3.8) is 0 Å². The number of rotatable bonds is 4. The minimum absolute atomic E-state index is 0.361. The van der Waals surface area contributed by atoms with Gasteiger partial charge in [-0.1, -0.05) is 27.5 Å². The summed E-state index contributed by atoms with van der Waals surface area (Å²) in [4.78, 5) is 5.89. The van der Waals surface area contributed by atoms with Crippen molar-refractivity contribution in [2.45, 2.75) is 31.7 Å². The quantitative estimate of drug-likeness (QED) is 0.711. The lowest BCUT2D eigenvalue weighted by Crippen LogP contribution is -2.10. The van der Waals surface area contributed by atoms with Crippen LogP contribution in [-0.2, 0) is 6.54 Å². The molecule has 8 heteroatoms. The highest BCUT2D eigenvalue weighted by Gasteiger charge is 2.25. The first-order valence-corrected chi connectivity index (χ1v) is 7.93. The van der Waals surface area contributed by atoms with E-state index in [0.717, 1.165) is 28.8 Å². The van der Waals surface area contributed by atoms with E-state index in [9.17, 15) is 0 Å². The third kappa shape index (κ3) is 2.66. The topological polar surface area (TPSA) is 82.5 Å². The molecule has 0 aliphatic heterocycles. The summed E-state index contributed by atoms with van der Waals surface area (Å²) in [7, 11) is 0. The summed E-state index contributed by atoms with van der Waals surface area (Å²) in [5, 5.41) is 16.4. The first-order valence-electron chi connectivity index (χ1n) is 7.14. The van der Waals surface area contributed by atoms with Gasteiger partial charge in [-0.3, -0.25) is 0 Å². The molecular weight excluding hydrogens is 348 g/mol. The average Bonchev–Trinajstić information content (AvgIpc) is 3.08. The van der Waals surface area contributed by atoms with Crippen LogP contribution in [0.3, 0.4) is 0 Å². The molecule has 2 aromatic heterocycles. The highest BCUT2D eigenvalue weighted by atomic mass is 79.9. The van der Waals surface area contributed by atoms with E-state index < -0.39 is 0 Å². The highest BCUT2D eigenvalue weighted by molar-refractivity contribution is 9.10. The third-order valence-electron chi connectivity index (χ3n) is 3.78. The minimum Gasteiger partial charge on any atom is -0.339 e. The lowest BCUT2D eigenvalue weighted by Gasteiger charge is -2.20. The van der Waals surface area contributed by atoms with Crippen LogP contribution in [0.2, 0.25) is 0 Å². The van der Waals surface area contributed by atoms with Gasteiger partial charge in [0.2, 0.25) is 11.7 Å². The van der Waals surface area contributed by atoms with E-state index in [-0.39, 0.29) is 0 Å². The molecule has 0 N–H and O–H groups in total. The predicted octanol–water partition coefficient (Wildman–Crippen LogP) is 2.80. The first kappa shape index (κ1) is 13.6. The van der Waals surface area contributed by atoms with Gasteiger partial charge in [0.15, 0.2) is 5.82 Å². The Bertz CT molecular complexity index is 777. The lowest BCUT2D eigenvalue weighted by atomic mass is 9.85. The summed E-state index contributed by atoms with van der Waals surface area (Å²) in [6.07, 6.45) is 3.51. The summed E-state index contributed by atoms with van der Waals surface area (Å²) >= 11 is 3.40. The van der Waals surface area contributed by atoms with Crippen LogP contribution < -0.4 is 0 Å². The van der Waals surface area contributed by atoms with E-state index in [1.807, 2.05) is 24.3 Å². The van der Waals surface area contributed by atoms with Crippen molar-refractivity contribution in [1.82, 2.24) is 30.3 Å². The van der Waals surface area contributed by atoms with Crippen molar-refractivity contribution in [2.75, 3.05) is 0 Å². The maximum absolute atomic E-state index is 5.29. The second-order valence-electron chi connectivity index (χ2n) is 5.33. The molecule has 7 nitrogen and oxygen atoms in total. The number of aromatic nitrogens is 6. The molecule has 1 aliphatic carbocycles. The largest absolute Gasteiger partial charge is 0.339 e.